The van der Waals surface area contributed by atoms with Crippen LogP contribution in [0.15, 0.2) is 36.4 Å². The first-order chi connectivity index (χ1) is 22.9. The van der Waals surface area contributed by atoms with Gasteiger partial charge in [-0.25, -0.2) is 0 Å². The quantitative estimate of drug-likeness (QED) is 0.228. The summed E-state index contributed by atoms with van der Waals surface area (Å²) >= 11 is 0. The first-order valence-corrected chi connectivity index (χ1v) is 14.3. The maximum absolute atomic E-state index is 12.7. The Morgan fingerprint density at radius 1 is 0.571 bits per heavy atom. The average Bonchev–Trinajstić information content (AvgIpc) is 2.93. The number of ether oxygens (including phenoxy) is 7. The Morgan fingerprint density at radius 2 is 1.06 bits per heavy atom. The highest BCUT2D eigenvalue weighted by molar-refractivity contribution is 5.79. The molecule has 3 aromatic rings. The van der Waals surface area contributed by atoms with Gasteiger partial charge in [0.2, 0.25) is 5.75 Å². The SMILES string of the molecule is CC(=O)Oc1cc(OC(C)=O)c2c(c1)O[C@H](c1cc(OC(C)=O)c(OC(C)=O)c(OC(C)=O)c1)[C@@H](OC(C)=O)[C@@H]2c1c(O)cc(O)cc1O. The Bertz CT molecular complexity index is 1820. The third kappa shape index (κ3) is 8.16. The van der Waals surface area contributed by atoms with Crippen molar-refractivity contribution in [1.29, 1.82) is 0 Å². The number of benzene rings is 3. The van der Waals surface area contributed by atoms with Gasteiger partial charge in [-0.05, 0) is 12.1 Å². The number of aromatic hydroxyl groups is 3. The van der Waals surface area contributed by atoms with Crippen molar-refractivity contribution in [3.63, 3.8) is 0 Å². The van der Waals surface area contributed by atoms with Gasteiger partial charge in [0.1, 0.15) is 34.5 Å². The van der Waals surface area contributed by atoms with Crippen molar-refractivity contribution in [1.82, 2.24) is 0 Å². The summed E-state index contributed by atoms with van der Waals surface area (Å²) in [5, 5.41) is 32.2. The highest BCUT2D eigenvalue weighted by Crippen LogP contribution is 2.56. The molecule has 0 amide bonds. The Hall–Kier alpha value is -6.32. The van der Waals surface area contributed by atoms with Crippen LogP contribution in [0.2, 0.25) is 0 Å². The van der Waals surface area contributed by atoms with Crippen molar-refractivity contribution in [3.05, 3.63) is 53.1 Å². The summed E-state index contributed by atoms with van der Waals surface area (Å²) in [7, 11) is 0. The van der Waals surface area contributed by atoms with Crippen LogP contribution < -0.4 is 28.4 Å². The molecule has 0 saturated heterocycles. The largest absolute Gasteiger partial charge is 0.508 e. The zero-order valence-electron chi connectivity index (χ0n) is 26.8. The van der Waals surface area contributed by atoms with Crippen molar-refractivity contribution in [2.75, 3.05) is 0 Å². The second-order valence-electron chi connectivity index (χ2n) is 10.6. The Balaban J connectivity index is 2.14. The number of phenols is 3. The Labute approximate surface area is 277 Å². The van der Waals surface area contributed by atoms with Crippen LogP contribution in [0.1, 0.15) is 70.3 Å². The molecule has 3 atom stereocenters. The molecule has 1 aliphatic heterocycles. The van der Waals surface area contributed by atoms with Crippen LogP contribution in [0.25, 0.3) is 0 Å². The van der Waals surface area contributed by atoms with E-state index in [2.05, 4.69) is 0 Å². The third-order valence-electron chi connectivity index (χ3n) is 6.64. The van der Waals surface area contributed by atoms with Crippen LogP contribution in [0, 0.1) is 0 Å². The molecule has 0 saturated carbocycles. The average molecular weight is 683 g/mol. The Kier molecular flexibility index (Phi) is 10.3. The Morgan fingerprint density at radius 3 is 1.53 bits per heavy atom. The fourth-order valence-electron chi connectivity index (χ4n) is 5.27. The molecule has 4 rings (SSSR count). The molecule has 0 aliphatic carbocycles. The van der Waals surface area contributed by atoms with Crippen molar-refractivity contribution in [3.8, 4) is 51.7 Å². The maximum atomic E-state index is 12.7. The molecule has 258 valence electrons. The van der Waals surface area contributed by atoms with E-state index < -0.39 is 88.4 Å². The summed E-state index contributed by atoms with van der Waals surface area (Å²) < 4.78 is 38.5. The number of fused-ring (bicyclic) bond motifs is 1. The summed E-state index contributed by atoms with van der Waals surface area (Å²) in [6.45, 7) is 6.37. The lowest BCUT2D eigenvalue weighted by atomic mass is 9.78. The zero-order valence-corrected chi connectivity index (χ0v) is 26.8. The molecule has 0 spiro atoms. The van der Waals surface area contributed by atoms with Crippen LogP contribution in [-0.2, 0) is 33.5 Å². The fourth-order valence-corrected chi connectivity index (χ4v) is 5.27. The van der Waals surface area contributed by atoms with Crippen LogP contribution >= 0.6 is 0 Å². The van der Waals surface area contributed by atoms with Gasteiger partial charge < -0.3 is 48.5 Å². The number of carbonyl (C=O) groups excluding carboxylic acids is 6. The second-order valence-corrected chi connectivity index (χ2v) is 10.6. The predicted octanol–water partition coefficient (Wildman–Crippen LogP) is 3.63. The summed E-state index contributed by atoms with van der Waals surface area (Å²) in [6.07, 6.45) is -3.13. The predicted molar refractivity (Wildman–Crippen MR) is 162 cm³/mol. The lowest BCUT2D eigenvalue weighted by Crippen LogP contribution is -2.39. The molecule has 0 fully saturated rings. The summed E-state index contributed by atoms with van der Waals surface area (Å²) in [4.78, 5) is 73.0. The minimum Gasteiger partial charge on any atom is -0.508 e. The molecule has 16 heteroatoms. The summed E-state index contributed by atoms with van der Waals surface area (Å²) in [5.41, 5.74) is -0.457. The van der Waals surface area contributed by atoms with Crippen molar-refractivity contribution < 1.29 is 77.2 Å². The van der Waals surface area contributed by atoms with Crippen molar-refractivity contribution in [2.24, 2.45) is 0 Å². The lowest BCUT2D eigenvalue weighted by Gasteiger charge is -2.40. The van der Waals surface area contributed by atoms with Crippen molar-refractivity contribution >= 4 is 35.8 Å². The molecule has 1 heterocycles. The van der Waals surface area contributed by atoms with Gasteiger partial charge in [0, 0.05) is 82.5 Å². The standard InChI is InChI=1S/C33H30O16/c1-13(34)43-21-11-24(44-14(2)35)29-25(12-21)49-31(33(48-18(6)39)30(29)28-22(41)9-20(40)10-23(28)42)19-7-26(45-15(3)36)32(47-17(5)38)27(8-19)46-16(4)37/h7-12,30-31,33,40-42H,1-6H3/t30-,31-,33+/m1/s1. The first-order valence-electron chi connectivity index (χ1n) is 14.3. The highest BCUT2D eigenvalue weighted by atomic mass is 16.6. The summed E-state index contributed by atoms with van der Waals surface area (Å²) in [6, 6.07) is 6.49. The third-order valence-corrected chi connectivity index (χ3v) is 6.64. The number of rotatable bonds is 8. The van der Waals surface area contributed by atoms with Gasteiger partial charge in [-0.3, -0.25) is 28.8 Å². The van der Waals surface area contributed by atoms with Crippen LogP contribution in [0.4, 0.5) is 0 Å². The molecule has 16 nitrogen and oxygen atoms in total. The van der Waals surface area contributed by atoms with Gasteiger partial charge in [0.15, 0.2) is 23.7 Å². The number of esters is 6. The lowest BCUT2D eigenvalue weighted by molar-refractivity contribution is -0.154. The molecule has 49 heavy (non-hydrogen) atoms. The van der Waals surface area contributed by atoms with Crippen LogP contribution in [0.5, 0.6) is 51.7 Å². The number of hydrogen-bond acceptors (Lipinski definition) is 16. The van der Waals surface area contributed by atoms with Gasteiger partial charge in [0.25, 0.3) is 0 Å². The maximum Gasteiger partial charge on any atom is 0.308 e. The number of carbonyl (C=O) groups is 6. The van der Waals surface area contributed by atoms with E-state index in [9.17, 15) is 44.1 Å². The molecular formula is C33H30O16. The molecular weight excluding hydrogens is 652 g/mol. The molecule has 3 aromatic carbocycles. The van der Waals surface area contributed by atoms with Gasteiger partial charge in [-0.2, -0.15) is 0 Å². The van der Waals surface area contributed by atoms with Crippen LogP contribution in [0.3, 0.4) is 0 Å². The first kappa shape index (κ1) is 35.5. The van der Waals surface area contributed by atoms with E-state index in [0.717, 1.165) is 71.9 Å². The minimum absolute atomic E-state index is 0.0463. The van der Waals surface area contributed by atoms with E-state index in [-0.39, 0.29) is 33.9 Å². The number of phenolic OH excluding ortho intramolecular Hbond substituents is 3. The van der Waals surface area contributed by atoms with Gasteiger partial charge >= 0.3 is 35.8 Å². The van der Waals surface area contributed by atoms with E-state index in [1.54, 1.807) is 0 Å². The highest BCUT2D eigenvalue weighted by Gasteiger charge is 2.47. The molecule has 0 radical (unpaired) electrons. The van der Waals surface area contributed by atoms with E-state index in [4.69, 9.17) is 33.2 Å². The smallest absolute Gasteiger partial charge is 0.308 e. The number of hydrogen-bond donors (Lipinski definition) is 3. The molecule has 1 aliphatic rings. The van der Waals surface area contributed by atoms with E-state index in [1.165, 1.54) is 6.07 Å². The molecule has 0 bridgehead atoms. The molecule has 0 unspecified atom stereocenters. The van der Waals surface area contributed by atoms with E-state index in [0.29, 0.717) is 0 Å². The van der Waals surface area contributed by atoms with Gasteiger partial charge in [-0.1, -0.05) is 0 Å². The van der Waals surface area contributed by atoms with Gasteiger partial charge in [-0.15, -0.1) is 0 Å². The van der Waals surface area contributed by atoms with E-state index in [1.807, 2.05) is 0 Å². The topological polar surface area (TPSA) is 228 Å². The van der Waals surface area contributed by atoms with E-state index >= 15 is 0 Å². The fraction of sp³-hybridized carbons (Fsp3) is 0.273. The summed E-state index contributed by atoms with van der Waals surface area (Å²) in [5.74, 6) is -10.5. The molecule has 0 aromatic heterocycles. The minimum atomic E-state index is -1.60. The zero-order chi connectivity index (χ0) is 36.3. The molecule has 3 N–H and O–H groups in total. The second kappa shape index (κ2) is 14.2. The van der Waals surface area contributed by atoms with Crippen LogP contribution in [-0.4, -0.2) is 57.2 Å². The normalized spacial score (nSPS) is 16.2. The van der Waals surface area contributed by atoms with Crippen molar-refractivity contribution in [2.45, 2.75) is 59.7 Å². The monoisotopic (exact) mass is 682 g/mol. The van der Waals surface area contributed by atoms with Gasteiger partial charge in [0.05, 0.1) is 5.92 Å².